The van der Waals surface area contributed by atoms with Crippen LogP contribution in [0.15, 0.2) is 53.5 Å². The summed E-state index contributed by atoms with van der Waals surface area (Å²) in [6, 6.07) is 14.8. The van der Waals surface area contributed by atoms with Crippen molar-refractivity contribution in [3.05, 3.63) is 59.7 Å². The van der Waals surface area contributed by atoms with E-state index in [0.29, 0.717) is 31.2 Å². The molecule has 27 heavy (non-hydrogen) atoms. The molecule has 0 aliphatic heterocycles. The Morgan fingerprint density at radius 2 is 1.41 bits per heavy atom. The quantitative estimate of drug-likeness (QED) is 0.375. The van der Waals surface area contributed by atoms with Crippen molar-refractivity contribution in [2.45, 2.75) is 6.54 Å². The molecular weight excluding hydrogens is 344 g/mol. The minimum Gasteiger partial charge on any atom is -0.497 e. The lowest BCUT2D eigenvalue weighted by Gasteiger charge is -2.13. The SMILES string of the molecule is CN=C(NCCNC(=O)c1ccc(OC)cc1)NCc1ccc(OC)cc1. The van der Waals surface area contributed by atoms with E-state index < -0.39 is 0 Å². The van der Waals surface area contributed by atoms with Crippen molar-refractivity contribution in [2.75, 3.05) is 34.4 Å². The van der Waals surface area contributed by atoms with Gasteiger partial charge in [0.25, 0.3) is 5.91 Å². The van der Waals surface area contributed by atoms with Crippen molar-refractivity contribution in [1.82, 2.24) is 16.0 Å². The van der Waals surface area contributed by atoms with Gasteiger partial charge in [0, 0.05) is 32.2 Å². The van der Waals surface area contributed by atoms with Gasteiger partial charge in [-0.25, -0.2) is 0 Å². The van der Waals surface area contributed by atoms with E-state index in [1.54, 1.807) is 45.5 Å². The Balaban J connectivity index is 1.69. The first-order chi connectivity index (χ1) is 13.2. The summed E-state index contributed by atoms with van der Waals surface area (Å²) in [4.78, 5) is 16.3. The van der Waals surface area contributed by atoms with Gasteiger partial charge in [0.2, 0.25) is 0 Å². The molecule has 7 nitrogen and oxygen atoms in total. The Morgan fingerprint density at radius 1 is 0.852 bits per heavy atom. The molecule has 0 saturated carbocycles. The molecule has 144 valence electrons. The third kappa shape index (κ3) is 6.54. The Labute approximate surface area is 159 Å². The average molecular weight is 370 g/mol. The van der Waals surface area contributed by atoms with Crippen molar-refractivity contribution in [3.63, 3.8) is 0 Å². The van der Waals surface area contributed by atoms with Crippen LogP contribution in [0.2, 0.25) is 0 Å². The van der Waals surface area contributed by atoms with Crippen molar-refractivity contribution < 1.29 is 14.3 Å². The highest BCUT2D eigenvalue weighted by Crippen LogP contribution is 2.11. The minimum absolute atomic E-state index is 0.124. The zero-order valence-electron chi connectivity index (χ0n) is 15.9. The molecule has 0 radical (unpaired) electrons. The van der Waals surface area contributed by atoms with Crippen LogP contribution in [0.25, 0.3) is 0 Å². The van der Waals surface area contributed by atoms with E-state index in [9.17, 15) is 4.79 Å². The van der Waals surface area contributed by atoms with Crippen LogP contribution in [0.5, 0.6) is 11.5 Å². The molecule has 0 spiro atoms. The fourth-order valence-corrected chi connectivity index (χ4v) is 2.35. The number of ether oxygens (including phenoxy) is 2. The van der Waals surface area contributed by atoms with Gasteiger partial charge >= 0.3 is 0 Å². The summed E-state index contributed by atoms with van der Waals surface area (Å²) in [5, 5.41) is 9.26. The number of hydrogen-bond donors (Lipinski definition) is 3. The Hall–Kier alpha value is -3.22. The van der Waals surface area contributed by atoms with E-state index in [1.807, 2.05) is 24.3 Å². The third-order valence-electron chi connectivity index (χ3n) is 3.90. The number of benzene rings is 2. The zero-order chi connectivity index (χ0) is 19.5. The van der Waals surface area contributed by atoms with Crippen molar-refractivity contribution in [2.24, 2.45) is 4.99 Å². The van der Waals surface area contributed by atoms with Gasteiger partial charge in [0.15, 0.2) is 5.96 Å². The maximum absolute atomic E-state index is 12.1. The van der Waals surface area contributed by atoms with Gasteiger partial charge in [0.1, 0.15) is 11.5 Å². The number of guanidine groups is 1. The molecule has 3 N–H and O–H groups in total. The molecule has 0 aliphatic carbocycles. The second-order valence-electron chi connectivity index (χ2n) is 5.69. The molecule has 1 amide bonds. The topological polar surface area (TPSA) is 84.0 Å². The van der Waals surface area contributed by atoms with E-state index >= 15 is 0 Å². The van der Waals surface area contributed by atoms with Crippen LogP contribution in [0, 0.1) is 0 Å². The first kappa shape index (κ1) is 20.1. The molecule has 2 aromatic rings. The number of nitrogens with one attached hydrogen (secondary N) is 3. The van der Waals surface area contributed by atoms with Gasteiger partial charge in [-0.2, -0.15) is 0 Å². The number of rotatable bonds is 8. The van der Waals surface area contributed by atoms with Crippen molar-refractivity contribution in [3.8, 4) is 11.5 Å². The van der Waals surface area contributed by atoms with Crippen LogP contribution < -0.4 is 25.4 Å². The van der Waals surface area contributed by atoms with Crippen molar-refractivity contribution >= 4 is 11.9 Å². The molecule has 7 heteroatoms. The summed E-state index contributed by atoms with van der Waals surface area (Å²) in [7, 11) is 4.95. The summed E-state index contributed by atoms with van der Waals surface area (Å²) >= 11 is 0. The largest absolute Gasteiger partial charge is 0.497 e. The number of nitrogens with zero attached hydrogens (tertiary/aromatic N) is 1. The first-order valence-electron chi connectivity index (χ1n) is 8.66. The van der Waals surface area contributed by atoms with Crippen LogP contribution in [-0.4, -0.2) is 46.2 Å². The van der Waals surface area contributed by atoms with Crippen LogP contribution in [-0.2, 0) is 6.54 Å². The van der Waals surface area contributed by atoms with E-state index in [4.69, 9.17) is 9.47 Å². The lowest BCUT2D eigenvalue weighted by molar-refractivity contribution is 0.0954. The number of hydrogen-bond acceptors (Lipinski definition) is 4. The lowest BCUT2D eigenvalue weighted by atomic mass is 10.2. The maximum atomic E-state index is 12.1. The number of carbonyl (C=O) groups is 1. The highest BCUT2D eigenvalue weighted by molar-refractivity contribution is 5.94. The first-order valence-corrected chi connectivity index (χ1v) is 8.66. The maximum Gasteiger partial charge on any atom is 0.251 e. The highest BCUT2D eigenvalue weighted by atomic mass is 16.5. The predicted molar refractivity (Wildman–Crippen MR) is 107 cm³/mol. The second kappa shape index (κ2) is 10.7. The monoisotopic (exact) mass is 370 g/mol. The van der Waals surface area contributed by atoms with Gasteiger partial charge < -0.3 is 25.4 Å². The smallest absolute Gasteiger partial charge is 0.251 e. The van der Waals surface area contributed by atoms with Gasteiger partial charge in [-0.1, -0.05) is 12.1 Å². The van der Waals surface area contributed by atoms with Gasteiger partial charge in [-0.15, -0.1) is 0 Å². The molecule has 0 heterocycles. The Morgan fingerprint density at radius 3 is 1.96 bits per heavy atom. The molecular formula is C20H26N4O3. The molecule has 0 aliphatic rings. The Kier molecular flexibility index (Phi) is 7.96. The van der Waals surface area contributed by atoms with Crippen molar-refractivity contribution in [1.29, 1.82) is 0 Å². The van der Waals surface area contributed by atoms with Crippen LogP contribution in [0.3, 0.4) is 0 Å². The molecule has 2 aromatic carbocycles. The fourth-order valence-electron chi connectivity index (χ4n) is 2.35. The van der Waals surface area contributed by atoms with Crippen LogP contribution >= 0.6 is 0 Å². The number of carbonyl (C=O) groups excluding carboxylic acids is 1. The molecule has 0 saturated heterocycles. The number of methoxy groups -OCH3 is 2. The molecule has 2 rings (SSSR count). The van der Waals surface area contributed by atoms with E-state index in [1.165, 1.54) is 0 Å². The summed E-state index contributed by atoms with van der Waals surface area (Å²) in [6.45, 7) is 1.68. The molecule has 0 aromatic heterocycles. The van der Waals surface area contributed by atoms with Crippen LogP contribution in [0.1, 0.15) is 15.9 Å². The third-order valence-corrected chi connectivity index (χ3v) is 3.90. The minimum atomic E-state index is -0.124. The lowest BCUT2D eigenvalue weighted by Crippen LogP contribution is -2.41. The molecule has 0 bridgehead atoms. The van der Waals surface area contributed by atoms with Crippen LogP contribution in [0.4, 0.5) is 0 Å². The normalized spacial score (nSPS) is 10.9. The summed E-state index contributed by atoms with van der Waals surface area (Å²) in [5.74, 6) is 2.10. The summed E-state index contributed by atoms with van der Waals surface area (Å²) in [6.07, 6.45) is 0. The average Bonchev–Trinajstić information content (AvgIpc) is 2.73. The molecule has 0 fully saturated rings. The predicted octanol–water partition coefficient (Wildman–Crippen LogP) is 1.80. The van der Waals surface area contributed by atoms with Gasteiger partial charge in [-0.05, 0) is 42.0 Å². The van der Waals surface area contributed by atoms with Gasteiger partial charge in [0.05, 0.1) is 14.2 Å². The van der Waals surface area contributed by atoms with E-state index in [0.717, 1.165) is 17.1 Å². The second-order valence-corrected chi connectivity index (χ2v) is 5.69. The van der Waals surface area contributed by atoms with Gasteiger partial charge in [-0.3, -0.25) is 9.79 Å². The molecule has 0 unspecified atom stereocenters. The standard InChI is InChI=1S/C20H26N4O3/c1-21-20(24-14-15-4-8-17(26-2)9-5-15)23-13-12-22-19(25)16-6-10-18(27-3)11-7-16/h4-11H,12-14H2,1-3H3,(H,22,25)(H2,21,23,24). The Bertz CT molecular complexity index is 743. The number of aliphatic imine (C=N–C) groups is 1. The van der Waals surface area contributed by atoms with E-state index in [-0.39, 0.29) is 5.91 Å². The molecule has 0 atom stereocenters. The zero-order valence-corrected chi connectivity index (χ0v) is 15.9. The van der Waals surface area contributed by atoms with E-state index in [2.05, 4.69) is 20.9 Å². The summed E-state index contributed by atoms with van der Waals surface area (Å²) in [5.41, 5.74) is 1.71. The fraction of sp³-hybridized carbons (Fsp3) is 0.300. The highest BCUT2D eigenvalue weighted by Gasteiger charge is 2.05. The number of amides is 1. The summed E-state index contributed by atoms with van der Waals surface area (Å²) < 4.78 is 10.2.